The molecular formula is C20H14ClN3O3S2. The van der Waals surface area contributed by atoms with E-state index < -0.39 is 0 Å². The second kappa shape index (κ2) is 8.36. The Kier molecular flexibility index (Phi) is 5.66. The van der Waals surface area contributed by atoms with E-state index in [0.717, 1.165) is 21.8 Å². The zero-order valence-corrected chi connectivity index (χ0v) is 17.5. The third-order valence-electron chi connectivity index (χ3n) is 4.02. The predicted molar refractivity (Wildman–Crippen MR) is 116 cm³/mol. The van der Waals surface area contributed by atoms with E-state index in [-0.39, 0.29) is 22.7 Å². The van der Waals surface area contributed by atoms with Crippen LogP contribution in [0.1, 0.15) is 17.3 Å². The van der Waals surface area contributed by atoms with Gasteiger partial charge >= 0.3 is 0 Å². The highest BCUT2D eigenvalue weighted by atomic mass is 35.5. The molecule has 0 bridgehead atoms. The maximum Gasteiger partial charge on any atom is 0.277 e. The number of benzene rings is 2. The Morgan fingerprint density at radius 3 is 2.79 bits per heavy atom. The lowest BCUT2D eigenvalue weighted by atomic mass is 10.1. The molecule has 0 saturated heterocycles. The number of halogens is 1. The summed E-state index contributed by atoms with van der Waals surface area (Å²) in [6, 6.07) is 14.6. The molecule has 0 spiro atoms. The van der Waals surface area contributed by atoms with Crippen LogP contribution in [0.2, 0.25) is 5.02 Å². The van der Waals surface area contributed by atoms with Gasteiger partial charge in [-0.15, -0.1) is 21.5 Å². The van der Waals surface area contributed by atoms with Gasteiger partial charge in [0.1, 0.15) is 4.88 Å². The largest absolute Gasteiger partial charge is 0.410 e. The van der Waals surface area contributed by atoms with Crippen molar-refractivity contribution in [1.82, 2.24) is 10.2 Å². The van der Waals surface area contributed by atoms with Crippen molar-refractivity contribution >= 4 is 62.2 Å². The number of fused-ring (bicyclic) bond motifs is 1. The lowest BCUT2D eigenvalue weighted by molar-refractivity contribution is -0.113. The first-order valence-electron chi connectivity index (χ1n) is 8.56. The van der Waals surface area contributed by atoms with Crippen molar-refractivity contribution < 1.29 is 14.0 Å². The maximum atomic E-state index is 12.2. The highest BCUT2D eigenvalue weighted by Gasteiger charge is 2.18. The maximum absolute atomic E-state index is 12.2. The Bertz CT molecular complexity index is 1220. The number of amides is 1. The molecule has 0 unspecified atom stereocenters. The van der Waals surface area contributed by atoms with Gasteiger partial charge in [-0.2, -0.15) is 0 Å². The Morgan fingerprint density at radius 1 is 1.17 bits per heavy atom. The molecule has 1 N–H and O–H groups in total. The molecule has 9 heteroatoms. The van der Waals surface area contributed by atoms with E-state index in [9.17, 15) is 9.59 Å². The van der Waals surface area contributed by atoms with Gasteiger partial charge in [0.25, 0.3) is 11.1 Å². The third kappa shape index (κ3) is 4.34. The van der Waals surface area contributed by atoms with Gasteiger partial charge in [0.2, 0.25) is 5.91 Å². The summed E-state index contributed by atoms with van der Waals surface area (Å²) in [7, 11) is 0. The van der Waals surface area contributed by atoms with Gasteiger partial charge in [-0.1, -0.05) is 53.7 Å². The average Bonchev–Trinajstić information content (AvgIpc) is 3.31. The van der Waals surface area contributed by atoms with Crippen LogP contribution in [0, 0.1) is 0 Å². The first-order chi connectivity index (χ1) is 14.0. The number of aromatic nitrogens is 2. The minimum absolute atomic E-state index is 0.0613. The SMILES string of the molecule is CC(=O)c1cccc(NC(=O)CSc2nnc(-c3sc4ccccc4c3Cl)o2)c1. The summed E-state index contributed by atoms with van der Waals surface area (Å²) in [5.74, 6) is 0.115. The molecule has 2 aromatic carbocycles. The molecule has 146 valence electrons. The molecule has 6 nitrogen and oxygen atoms in total. The summed E-state index contributed by atoms with van der Waals surface area (Å²) in [6.45, 7) is 1.48. The van der Waals surface area contributed by atoms with Gasteiger partial charge in [-0.3, -0.25) is 9.59 Å². The van der Waals surface area contributed by atoms with E-state index in [0.29, 0.717) is 27.0 Å². The minimum Gasteiger partial charge on any atom is -0.410 e. The van der Waals surface area contributed by atoms with Crippen molar-refractivity contribution in [3.8, 4) is 10.8 Å². The van der Waals surface area contributed by atoms with E-state index in [1.165, 1.54) is 18.3 Å². The number of thiophene rings is 1. The van der Waals surface area contributed by atoms with Crippen LogP contribution in [0.15, 0.2) is 58.2 Å². The fourth-order valence-electron chi connectivity index (χ4n) is 2.65. The Balaban J connectivity index is 1.41. The number of Topliss-reactive ketones (excluding diaryl/α,β-unsaturated/α-hetero) is 1. The molecule has 0 saturated carbocycles. The summed E-state index contributed by atoms with van der Waals surface area (Å²) in [6.07, 6.45) is 0. The number of anilines is 1. The number of ketones is 1. The number of hydrogen-bond acceptors (Lipinski definition) is 7. The number of carbonyl (C=O) groups is 2. The second-order valence-corrected chi connectivity index (χ2v) is 8.45. The second-order valence-electron chi connectivity index (χ2n) is 6.09. The van der Waals surface area contributed by atoms with Crippen LogP contribution in [0.4, 0.5) is 5.69 Å². The Hall–Kier alpha value is -2.68. The number of thioether (sulfide) groups is 1. The van der Waals surface area contributed by atoms with Crippen LogP contribution in [0.3, 0.4) is 0 Å². The minimum atomic E-state index is -0.240. The average molecular weight is 444 g/mol. The zero-order valence-electron chi connectivity index (χ0n) is 15.1. The fraction of sp³-hybridized carbons (Fsp3) is 0.100. The Labute approximate surface area is 179 Å². The molecule has 4 aromatic rings. The first kappa shape index (κ1) is 19.6. The topological polar surface area (TPSA) is 85.1 Å². The van der Waals surface area contributed by atoms with Gasteiger partial charge in [0, 0.05) is 21.3 Å². The lowest BCUT2D eigenvalue weighted by Crippen LogP contribution is -2.14. The highest BCUT2D eigenvalue weighted by molar-refractivity contribution is 7.99. The number of nitrogens with one attached hydrogen (secondary N) is 1. The number of hydrogen-bond donors (Lipinski definition) is 1. The van der Waals surface area contributed by atoms with Gasteiger partial charge in [-0.05, 0) is 25.1 Å². The molecule has 29 heavy (non-hydrogen) atoms. The van der Waals surface area contributed by atoms with E-state index in [1.54, 1.807) is 24.3 Å². The van der Waals surface area contributed by atoms with Crippen molar-refractivity contribution in [2.75, 3.05) is 11.1 Å². The van der Waals surface area contributed by atoms with Gasteiger partial charge < -0.3 is 9.73 Å². The molecule has 4 rings (SSSR count). The number of nitrogens with zero attached hydrogens (tertiary/aromatic N) is 2. The molecule has 0 aliphatic carbocycles. The zero-order chi connectivity index (χ0) is 20.4. The van der Waals surface area contributed by atoms with E-state index in [1.807, 2.05) is 24.3 Å². The summed E-state index contributed by atoms with van der Waals surface area (Å²) >= 11 is 9.05. The van der Waals surface area contributed by atoms with Crippen LogP contribution < -0.4 is 5.32 Å². The summed E-state index contributed by atoms with van der Waals surface area (Å²) in [4.78, 5) is 24.3. The van der Waals surface area contributed by atoms with Crippen molar-refractivity contribution in [2.24, 2.45) is 0 Å². The van der Waals surface area contributed by atoms with Crippen molar-refractivity contribution in [3.05, 3.63) is 59.1 Å². The monoisotopic (exact) mass is 443 g/mol. The lowest BCUT2D eigenvalue weighted by Gasteiger charge is -2.05. The number of carbonyl (C=O) groups excluding carboxylic acids is 2. The van der Waals surface area contributed by atoms with Gasteiger partial charge in [0.15, 0.2) is 5.78 Å². The number of rotatable bonds is 6. The van der Waals surface area contributed by atoms with E-state index >= 15 is 0 Å². The highest BCUT2D eigenvalue weighted by Crippen LogP contribution is 2.41. The van der Waals surface area contributed by atoms with E-state index in [2.05, 4.69) is 15.5 Å². The molecular weight excluding hydrogens is 430 g/mol. The smallest absolute Gasteiger partial charge is 0.277 e. The molecule has 1 amide bonds. The molecule has 2 heterocycles. The van der Waals surface area contributed by atoms with Crippen LogP contribution in [0.25, 0.3) is 20.9 Å². The molecule has 0 aliphatic rings. The molecule has 2 aromatic heterocycles. The van der Waals surface area contributed by atoms with E-state index in [4.69, 9.17) is 16.0 Å². The van der Waals surface area contributed by atoms with Crippen LogP contribution >= 0.6 is 34.7 Å². The molecule has 0 fully saturated rings. The normalized spacial score (nSPS) is 11.0. The molecule has 0 radical (unpaired) electrons. The third-order valence-corrected chi connectivity index (χ3v) is 6.50. The summed E-state index contributed by atoms with van der Waals surface area (Å²) in [5, 5.41) is 12.6. The molecule has 0 aliphatic heterocycles. The first-order valence-corrected chi connectivity index (χ1v) is 10.7. The van der Waals surface area contributed by atoms with Crippen LogP contribution in [0.5, 0.6) is 0 Å². The van der Waals surface area contributed by atoms with Gasteiger partial charge in [0.05, 0.1) is 10.8 Å². The van der Waals surface area contributed by atoms with Crippen molar-refractivity contribution in [2.45, 2.75) is 12.1 Å². The Morgan fingerprint density at radius 2 is 2.00 bits per heavy atom. The predicted octanol–water partition coefficient (Wildman–Crippen LogP) is 5.54. The van der Waals surface area contributed by atoms with Crippen molar-refractivity contribution in [3.63, 3.8) is 0 Å². The summed E-state index contributed by atoms with van der Waals surface area (Å²) < 4.78 is 6.71. The van der Waals surface area contributed by atoms with Crippen LogP contribution in [-0.2, 0) is 4.79 Å². The van der Waals surface area contributed by atoms with Crippen molar-refractivity contribution in [1.29, 1.82) is 0 Å². The quantitative estimate of drug-likeness (QED) is 0.311. The molecule has 0 atom stereocenters. The standard InChI is InChI=1S/C20H14ClN3O3S2/c1-11(25)12-5-4-6-13(9-12)22-16(26)10-28-20-24-23-19(27-20)18-17(21)14-7-2-3-8-15(14)29-18/h2-9H,10H2,1H3,(H,22,26). The van der Waals surface area contributed by atoms with Gasteiger partial charge in [-0.25, -0.2) is 0 Å². The summed E-state index contributed by atoms with van der Waals surface area (Å²) in [5.41, 5.74) is 1.10. The fourth-order valence-corrected chi connectivity index (χ4v) is 4.65. The van der Waals surface area contributed by atoms with Crippen LogP contribution in [-0.4, -0.2) is 27.6 Å².